The number of allylic oxidation sites excluding steroid dienone is 1. The van der Waals surface area contributed by atoms with E-state index in [2.05, 4.69) is 5.32 Å². The van der Waals surface area contributed by atoms with E-state index in [1.165, 1.54) is 6.07 Å². The van der Waals surface area contributed by atoms with Crippen LogP contribution in [0.2, 0.25) is 0 Å². The van der Waals surface area contributed by atoms with Gasteiger partial charge in [-0.15, -0.1) is 0 Å². The highest BCUT2D eigenvalue weighted by molar-refractivity contribution is 7.81. The average molecular weight is 283 g/mol. The fourth-order valence-electron chi connectivity index (χ4n) is 1.85. The summed E-state index contributed by atoms with van der Waals surface area (Å²) in [5, 5.41) is 12.3. The minimum Gasteiger partial charge on any atom is -0.511 e. The van der Waals surface area contributed by atoms with E-state index in [0.717, 1.165) is 12.1 Å². The molecule has 1 aliphatic carbocycles. The Kier molecular flexibility index (Phi) is 3.90. The maximum absolute atomic E-state index is 13.0. The van der Waals surface area contributed by atoms with Crippen molar-refractivity contribution in [3.05, 3.63) is 41.2 Å². The number of Topliss-reactive ketones (excluding diaryl/α,β-unsaturated/α-hetero) is 1. The third-order valence-corrected chi connectivity index (χ3v) is 3.10. The summed E-state index contributed by atoms with van der Waals surface area (Å²) < 4.78 is 25.8. The molecule has 0 radical (unpaired) electrons. The lowest BCUT2D eigenvalue weighted by atomic mass is 9.96. The molecule has 100 valence electrons. The summed E-state index contributed by atoms with van der Waals surface area (Å²) in [7, 11) is 0. The zero-order chi connectivity index (χ0) is 14.0. The highest BCUT2D eigenvalue weighted by Gasteiger charge is 2.24. The lowest BCUT2D eigenvalue weighted by molar-refractivity contribution is -0.115. The van der Waals surface area contributed by atoms with Gasteiger partial charge in [0.25, 0.3) is 0 Å². The van der Waals surface area contributed by atoms with Crippen LogP contribution in [0, 0.1) is 11.6 Å². The Labute approximate surface area is 113 Å². The molecule has 6 heteroatoms. The van der Waals surface area contributed by atoms with Crippen molar-refractivity contribution < 1.29 is 18.7 Å². The lowest BCUT2D eigenvalue weighted by Crippen LogP contribution is -2.23. The number of anilines is 1. The number of hydrogen-bond donors (Lipinski definition) is 2. The summed E-state index contributed by atoms with van der Waals surface area (Å²) in [6, 6.07) is 3.19. The van der Waals surface area contributed by atoms with Crippen LogP contribution in [0.25, 0.3) is 0 Å². The smallest absolute Gasteiger partial charge is 0.169 e. The van der Waals surface area contributed by atoms with Crippen LogP contribution in [0.4, 0.5) is 14.5 Å². The van der Waals surface area contributed by atoms with Gasteiger partial charge in [-0.3, -0.25) is 4.79 Å². The zero-order valence-corrected chi connectivity index (χ0v) is 10.7. The molecule has 0 heterocycles. The third-order valence-electron chi connectivity index (χ3n) is 2.79. The van der Waals surface area contributed by atoms with E-state index in [4.69, 9.17) is 12.2 Å². The SMILES string of the molecule is O=C1CCCC(O)=C1C(=S)Nc1ccc(F)c(F)c1. The van der Waals surface area contributed by atoms with Crippen molar-refractivity contribution in [1.29, 1.82) is 0 Å². The maximum atomic E-state index is 13.0. The van der Waals surface area contributed by atoms with Gasteiger partial charge in [-0.2, -0.15) is 0 Å². The first-order chi connectivity index (χ1) is 8.99. The van der Waals surface area contributed by atoms with Crippen molar-refractivity contribution >= 4 is 28.7 Å². The second-order valence-electron chi connectivity index (χ2n) is 4.18. The Balaban J connectivity index is 2.21. The van der Waals surface area contributed by atoms with Crippen LogP contribution in [0.15, 0.2) is 29.5 Å². The lowest BCUT2D eigenvalue weighted by Gasteiger charge is -2.17. The average Bonchev–Trinajstić information content (AvgIpc) is 2.33. The van der Waals surface area contributed by atoms with Gasteiger partial charge in [0.15, 0.2) is 17.4 Å². The second-order valence-corrected chi connectivity index (χ2v) is 4.59. The quantitative estimate of drug-likeness (QED) is 0.818. The topological polar surface area (TPSA) is 49.3 Å². The summed E-state index contributed by atoms with van der Waals surface area (Å²) in [6.07, 6.45) is 1.29. The molecule has 0 amide bonds. The van der Waals surface area contributed by atoms with E-state index < -0.39 is 11.6 Å². The van der Waals surface area contributed by atoms with E-state index in [9.17, 15) is 18.7 Å². The Morgan fingerprint density at radius 3 is 2.63 bits per heavy atom. The fraction of sp³-hybridized carbons (Fsp3) is 0.231. The van der Waals surface area contributed by atoms with Crippen molar-refractivity contribution in [3.63, 3.8) is 0 Å². The summed E-state index contributed by atoms with van der Waals surface area (Å²) in [5.41, 5.74) is 0.286. The predicted molar refractivity (Wildman–Crippen MR) is 71.1 cm³/mol. The second kappa shape index (κ2) is 5.44. The van der Waals surface area contributed by atoms with Crippen molar-refractivity contribution in [2.45, 2.75) is 19.3 Å². The number of carbonyl (C=O) groups excluding carboxylic acids is 1. The predicted octanol–water partition coefficient (Wildman–Crippen LogP) is 3.27. The van der Waals surface area contributed by atoms with Gasteiger partial charge in [0.05, 0.1) is 5.57 Å². The van der Waals surface area contributed by atoms with E-state index >= 15 is 0 Å². The summed E-state index contributed by atoms with van der Waals surface area (Å²) in [4.78, 5) is 11.7. The molecule has 0 aliphatic heterocycles. The molecule has 0 fully saturated rings. The van der Waals surface area contributed by atoms with Gasteiger partial charge in [-0.1, -0.05) is 12.2 Å². The molecule has 19 heavy (non-hydrogen) atoms. The van der Waals surface area contributed by atoms with E-state index in [1.807, 2.05) is 0 Å². The van der Waals surface area contributed by atoms with Crippen molar-refractivity contribution in [1.82, 2.24) is 0 Å². The number of carbonyl (C=O) groups is 1. The Bertz CT molecular complexity index is 584. The monoisotopic (exact) mass is 283 g/mol. The summed E-state index contributed by atoms with van der Waals surface area (Å²) in [6.45, 7) is 0. The van der Waals surface area contributed by atoms with E-state index in [0.29, 0.717) is 19.3 Å². The molecule has 0 unspecified atom stereocenters. The number of ketones is 1. The molecule has 0 atom stereocenters. The van der Waals surface area contributed by atoms with Gasteiger partial charge in [-0.25, -0.2) is 8.78 Å². The van der Waals surface area contributed by atoms with Crippen LogP contribution in [0.1, 0.15) is 19.3 Å². The Morgan fingerprint density at radius 2 is 2.00 bits per heavy atom. The van der Waals surface area contributed by atoms with Crippen molar-refractivity contribution in [2.24, 2.45) is 0 Å². The number of hydrogen-bond acceptors (Lipinski definition) is 3. The van der Waals surface area contributed by atoms with Gasteiger partial charge >= 0.3 is 0 Å². The molecule has 0 saturated heterocycles. The van der Waals surface area contributed by atoms with Gasteiger partial charge in [0.2, 0.25) is 0 Å². The van der Waals surface area contributed by atoms with Gasteiger partial charge < -0.3 is 10.4 Å². The first-order valence-electron chi connectivity index (χ1n) is 5.70. The normalized spacial score (nSPS) is 15.6. The molecule has 0 saturated carbocycles. The molecule has 0 bridgehead atoms. The first-order valence-corrected chi connectivity index (χ1v) is 6.11. The minimum atomic E-state index is -1.01. The highest BCUT2D eigenvalue weighted by Crippen LogP contribution is 2.22. The highest BCUT2D eigenvalue weighted by atomic mass is 32.1. The van der Waals surface area contributed by atoms with Gasteiger partial charge in [-0.05, 0) is 18.6 Å². The largest absolute Gasteiger partial charge is 0.511 e. The Morgan fingerprint density at radius 1 is 1.26 bits per heavy atom. The molecule has 0 spiro atoms. The summed E-state index contributed by atoms with van der Waals surface area (Å²) >= 11 is 5.02. The number of halogens is 2. The molecule has 1 aliphatic rings. The molecule has 0 aromatic heterocycles. The van der Waals surface area contributed by atoms with Crippen LogP contribution in [-0.4, -0.2) is 15.9 Å². The van der Waals surface area contributed by atoms with E-state index in [1.54, 1.807) is 0 Å². The Hall–Kier alpha value is -1.82. The van der Waals surface area contributed by atoms with Crippen LogP contribution >= 0.6 is 12.2 Å². The zero-order valence-electron chi connectivity index (χ0n) is 9.87. The molecular formula is C13H11F2NO2S. The molecular weight excluding hydrogens is 272 g/mol. The van der Waals surface area contributed by atoms with Crippen molar-refractivity contribution in [3.8, 4) is 0 Å². The van der Waals surface area contributed by atoms with Crippen LogP contribution in [0.3, 0.4) is 0 Å². The van der Waals surface area contributed by atoms with Gasteiger partial charge in [0.1, 0.15) is 10.7 Å². The van der Waals surface area contributed by atoms with Crippen LogP contribution in [-0.2, 0) is 4.79 Å². The van der Waals surface area contributed by atoms with E-state index in [-0.39, 0.29) is 27.8 Å². The number of benzene rings is 1. The summed E-state index contributed by atoms with van der Waals surface area (Å²) in [5.74, 6) is -2.28. The fourth-order valence-corrected chi connectivity index (χ4v) is 2.20. The maximum Gasteiger partial charge on any atom is 0.169 e. The molecule has 2 N–H and O–H groups in total. The minimum absolute atomic E-state index is 0.0215. The number of aliphatic hydroxyl groups excluding tert-OH is 1. The third kappa shape index (κ3) is 2.96. The first kappa shape index (κ1) is 13.6. The molecule has 3 nitrogen and oxygen atoms in total. The number of aliphatic hydroxyl groups is 1. The number of nitrogens with one attached hydrogen (secondary N) is 1. The number of thiocarbonyl (C=S) groups is 1. The standard InChI is InChI=1S/C13H11F2NO2S/c14-8-5-4-7(6-9(8)15)16-13(19)12-10(17)2-1-3-11(12)18/h4-6,17H,1-3H2,(H,16,19). The van der Waals surface area contributed by atoms with Crippen LogP contribution < -0.4 is 5.32 Å². The van der Waals surface area contributed by atoms with Crippen LogP contribution in [0.5, 0.6) is 0 Å². The van der Waals surface area contributed by atoms with Gasteiger partial charge in [0, 0.05) is 24.6 Å². The van der Waals surface area contributed by atoms with Crippen molar-refractivity contribution in [2.75, 3.05) is 5.32 Å². The number of rotatable bonds is 2. The molecule has 1 aromatic carbocycles. The molecule has 1 aromatic rings. The molecule has 2 rings (SSSR count).